The van der Waals surface area contributed by atoms with Crippen molar-refractivity contribution in [1.29, 1.82) is 0 Å². The minimum Gasteiger partial charge on any atom is -0.310 e. The summed E-state index contributed by atoms with van der Waals surface area (Å²) in [7, 11) is 0. The predicted molar refractivity (Wildman–Crippen MR) is 349 cm³/mol. The summed E-state index contributed by atoms with van der Waals surface area (Å²) in [6.45, 7) is 0. The van der Waals surface area contributed by atoms with Gasteiger partial charge in [-0.25, -0.2) is 0 Å². The van der Waals surface area contributed by atoms with Crippen LogP contribution in [0.25, 0.3) is 88.3 Å². The molecule has 2 aliphatic carbocycles. The van der Waals surface area contributed by atoms with Crippen molar-refractivity contribution in [3.05, 3.63) is 350 Å². The molecule has 0 atom stereocenters. The van der Waals surface area contributed by atoms with E-state index in [-0.39, 0.29) is 0 Å². The maximum atomic E-state index is 2.54. The van der Waals surface area contributed by atoms with Crippen molar-refractivity contribution in [2.45, 2.75) is 5.41 Å². The quantitative estimate of drug-likeness (QED) is 0.135. The van der Waals surface area contributed by atoms with Gasteiger partial charge in [-0.2, -0.15) is 0 Å². The number of para-hydroxylation sites is 2. The van der Waals surface area contributed by atoms with E-state index in [4.69, 9.17) is 0 Å². The Morgan fingerprint density at radius 1 is 0.205 bits per heavy atom. The van der Waals surface area contributed by atoms with Gasteiger partial charge < -0.3 is 9.80 Å². The minimum absolute atomic E-state index is 0.601. The lowest BCUT2D eigenvalue weighted by atomic mass is 9.69. The Bertz CT molecular complexity index is 4720. The maximum absolute atomic E-state index is 2.54. The first-order chi connectivity index (χ1) is 41.2. The average molecular weight is 1060 g/mol. The van der Waals surface area contributed by atoms with E-state index in [1.54, 1.807) is 0 Å². The van der Waals surface area contributed by atoms with Gasteiger partial charge in [0.05, 0.1) is 16.8 Å². The molecule has 388 valence electrons. The van der Waals surface area contributed by atoms with Crippen molar-refractivity contribution in [1.82, 2.24) is 0 Å². The molecule has 83 heavy (non-hydrogen) atoms. The number of benzene rings is 14. The molecule has 0 aromatic heterocycles. The van der Waals surface area contributed by atoms with E-state index in [0.717, 1.165) is 45.3 Å². The van der Waals surface area contributed by atoms with Crippen molar-refractivity contribution in [3.63, 3.8) is 0 Å². The van der Waals surface area contributed by atoms with Crippen molar-refractivity contribution in [2.24, 2.45) is 0 Å². The fourth-order valence-corrected chi connectivity index (χ4v) is 13.8. The van der Waals surface area contributed by atoms with E-state index in [0.29, 0.717) is 0 Å². The zero-order chi connectivity index (χ0) is 54.8. The molecule has 0 heterocycles. The van der Waals surface area contributed by atoms with E-state index < -0.39 is 5.41 Å². The highest BCUT2D eigenvalue weighted by Crippen LogP contribution is 2.65. The molecule has 0 radical (unpaired) electrons. The van der Waals surface area contributed by atoms with Gasteiger partial charge >= 0.3 is 0 Å². The standard InChI is InChI=1S/C81H54N2/c1-7-23-55(24-8-1)60-40-45-68(57-27-11-3-12-28-57)78(53-60)82(64-31-15-5-16-32-64)66-43-39-59-51-74-73-47-42-62-49-67(44-48-70(62)80(73)81(77(74)52-63(59)50-66)75-37-21-19-35-71(75)72-36-20-22-38-76(72)81)83(65-33-17-6-18-34-65)79-54-61(56-25-9-2-10-26-56)41-46-69(79)58-29-13-4-14-30-58/h1-54H. The SMILES string of the molecule is c1ccc(-c2ccc(-c3ccccc3)c(N(c3ccccc3)c3ccc4cc5c(cc4c3)C3(c4ccccc4-c4ccccc43)c3c-5ccc4cc(N(c5ccccc5)c5cc(-c6ccccc6)ccc5-c5ccccc5)ccc34)c2)cc1. The van der Waals surface area contributed by atoms with Crippen LogP contribution < -0.4 is 9.80 Å². The minimum atomic E-state index is -0.601. The molecule has 0 N–H and O–H groups in total. The highest BCUT2D eigenvalue weighted by molar-refractivity contribution is 6.08. The maximum Gasteiger partial charge on any atom is 0.0731 e. The Morgan fingerprint density at radius 3 is 1.12 bits per heavy atom. The van der Waals surface area contributed by atoms with Gasteiger partial charge in [0, 0.05) is 33.9 Å². The third kappa shape index (κ3) is 7.87. The molecule has 2 heteroatoms. The van der Waals surface area contributed by atoms with Crippen LogP contribution in [0.4, 0.5) is 34.1 Å². The predicted octanol–water partition coefficient (Wildman–Crippen LogP) is 21.9. The zero-order valence-corrected chi connectivity index (χ0v) is 45.6. The normalized spacial score (nSPS) is 12.4. The molecule has 2 nitrogen and oxygen atoms in total. The average Bonchev–Trinajstić information content (AvgIpc) is 1.55. The molecule has 14 aromatic carbocycles. The number of nitrogens with zero attached hydrogens (tertiary/aromatic N) is 2. The van der Waals surface area contributed by atoms with Crippen LogP contribution >= 0.6 is 0 Å². The van der Waals surface area contributed by atoms with Crippen molar-refractivity contribution in [3.8, 4) is 66.8 Å². The van der Waals surface area contributed by atoms with Gasteiger partial charge in [0.2, 0.25) is 0 Å². The first-order valence-corrected chi connectivity index (χ1v) is 28.7. The van der Waals surface area contributed by atoms with Gasteiger partial charge in [-0.05, 0) is 172 Å². The summed E-state index contributed by atoms with van der Waals surface area (Å²) in [6, 6.07) is 121. The molecule has 0 fully saturated rings. The lowest BCUT2D eigenvalue weighted by molar-refractivity contribution is 0.802. The molecular weight excluding hydrogens is 1000 g/mol. The van der Waals surface area contributed by atoms with E-state index >= 15 is 0 Å². The van der Waals surface area contributed by atoms with E-state index in [2.05, 4.69) is 337 Å². The molecule has 0 bridgehead atoms. The summed E-state index contributed by atoms with van der Waals surface area (Å²) in [6.07, 6.45) is 0. The third-order valence-electron chi connectivity index (χ3n) is 17.4. The van der Waals surface area contributed by atoms with Crippen LogP contribution in [-0.4, -0.2) is 0 Å². The van der Waals surface area contributed by atoms with Crippen molar-refractivity contribution in [2.75, 3.05) is 9.80 Å². The second-order valence-electron chi connectivity index (χ2n) is 21.9. The number of anilines is 6. The molecular formula is C81H54N2. The third-order valence-corrected chi connectivity index (χ3v) is 17.4. The first-order valence-electron chi connectivity index (χ1n) is 28.7. The van der Waals surface area contributed by atoms with Gasteiger partial charge in [0.25, 0.3) is 0 Å². The van der Waals surface area contributed by atoms with Crippen LogP contribution in [-0.2, 0) is 5.41 Å². The summed E-state index contributed by atoms with van der Waals surface area (Å²) in [4.78, 5) is 4.91. The van der Waals surface area contributed by atoms with Gasteiger partial charge in [0.15, 0.2) is 0 Å². The summed E-state index contributed by atoms with van der Waals surface area (Å²) in [5.74, 6) is 0. The lowest BCUT2D eigenvalue weighted by Gasteiger charge is -2.32. The molecule has 0 unspecified atom stereocenters. The van der Waals surface area contributed by atoms with E-state index in [1.165, 1.54) is 99.4 Å². The Morgan fingerprint density at radius 2 is 0.614 bits per heavy atom. The van der Waals surface area contributed by atoms with Crippen LogP contribution in [0.5, 0.6) is 0 Å². The molecule has 0 saturated carbocycles. The summed E-state index contributed by atoms with van der Waals surface area (Å²) in [5, 5.41) is 4.82. The largest absolute Gasteiger partial charge is 0.310 e. The smallest absolute Gasteiger partial charge is 0.0731 e. The zero-order valence-electron chi connectivity index (χ0n) is 45.6. The molecule has 1 spiro atoms. The number of rotatable bonds is 10. The number of fused-ring (bicyclic) bond motifs is 13. The molecule has 0 aliphatic heterocycles. The Labute approximate surface area is 484 Å². The summed E-state index contributed by atoms with van der Waals surface area (Å²) < 4.78 is 0. The number of hydrogen-bond acceptors (Lipinski definition) is 2. The molecule has 2 aliphatic rings. The van der Waals surface area contributed by atoms with Crippen molar-refractivity contribution >= 4 is 55.7 Å². The van der Waals surface area contributed by atoms with Gasteiger partial charge in [-0.1, -0.05) is 255 Å². The van der Waals surface area contributed by atoms with Gasteiger partial charge in [0.1, 0.15) is 0 Å². The van der Waals surface area contributed by atoms with Crippen LogP contribution in [0.15, 0.2) is 328 Å². The highest BCUT2D eigenvalue weighted by Gasteiger charge is 2.52. The lowest BCUT2D eigenvalue weighted by Crippen LogP contribution is -2.26. The fourth-order valence-electron chi connectivity index (χ4n) is 13.8. The van der Waals surface area contributed by atoms with Gasteiger partial charge in [-0.15, -0.1) is 0 Å². The van der Waals surface area contributed by atoms with E-state index in [1.807, 2.05) is 0 Å². The Kier molecular flexibility index (Phi) is 11.5. The van der Waals surface area contributed by atoms with Crippen molar-refractivity contribution < 1.29 is 0 Å². The number of hydrogen-bond donors (Lipinski definition) is 0. The molecule has 0 amide bonds. The van der Waals surface area contributed by atoms with Crippen LogP contribution in [0.1, 0.15) is 22.3 Å². The van der Waals surface area contributed by atoms with Crippen LogP contribution in [0.3, 0.4) is 0 Å². The second kappa shape index (κ2) is 19.8. The van der Waals surface area contributed by atoms with E-state index in [9.17, 15) is 0 Å². The fraction of sp³-hybridized carbons (Fsp3) is 0.0123. The Balaban J connectivity index is 0.912. The van der Waals surface area contributed by atoms with Crippen LogP contribution in [0.2, 0.25) is 0 Å². The van der Waals surface area contributed by atoms with Crippen LogP contribution in [0, 0.1) is 0 Å². The molecule has 14 aromatic rings. The second-order valence-corrected chi connectivity index (χ2v) is 21.9. The summed E-state index contributed by atoms with van der Waals surface area (Å²) in [5.41, 5.74) is 25.8. The highest BCUT2D eigenvalue weighted by atomic mass is 15.2. The first kappa shape index (κ1) is 48.1. The summed E-state index contributed by atoms with van der Waals surface area (Å²) >= 11 is 0. The Hall–Kier alpha value is -10.8. The van der Waals surface area contributed by atoms with Gasteiger partial charge in [-0.3, -0.25) is 0 Å². The molecule has 16 rings (SSSR count). The molecule has 0 saturated heterocycles. The topological polar surface area (TPSA) is 6.48 Å². The monoisotopic (exact) mass is 1050 g/mol.